The molecule has 0 bridgehead atoms. The lowest BCUT2D eigenvalue weighted by atomic mass is 10.1. The zero-order valence-corrected chi connectivity index (χ0v) is 17.6. The minimum absolute atomic E-state index is 0.0313. The van der Waals surface area contributed by atoms with Crippen LogP contribution in [0, 0.1) is 0 Å². The number of para-hydroxylation sites is 1. The number of carbonyl (C=O) groups is 1. The zero-order valence-electron chi connectivity index (χ0n) is 17.6. The molecule has 1 amide bonds. The zero-order chi connectivity index (χ0) is 20.9. The summed E-state index contributed by atoms with van der Waals surface area (Å²) in [5.41, 5.74) is 5.68. The Kier molecular flexibility index (Phi) is 6.15. The molecule has 0 radical (unpaired) electrons. The quantitative estimate of drug-likeness (QED) is 0.593. The average molecular weight is 400 g/mol. The van der Waals surface area contributed by atoms with E-state index in [0.717, 1.165) is 18.5 Å². The van der Waals surface area contributed by atoms with Gasteiger partial charge in [-0.25, -0.2) is 0 Å². The van der Waals surface area contributed by atoms with Gasteiger partial charge in [0.25, 0.3) is 5.91 Å². The first kappa shape index (κ1) is 20.2. The Labute approximate surface area is 178 Å². The van der Waals surface area contributed by atoms with Crippen molar-refractivity contribution in [3.05, 3.63) is 101 Å². The summed E-state index contributed by atoms with van der Waals surface area (Å²) in [7, 11) is 4.16. The molecule has 1 unspecified atom stereocenters. The summed E-state index contributed by atoms with van der Waals surface area (Å²) in [5, 5.41) is 6.67. The van der Waals surface area contributed by atoms with Gasteiger partial charge < -0.3 is 15.5 Å². The van der Waals surface area contributed by atoms with Crippen LogP contribution in [-0.2, 0) is 13.1 Å². The molecule has 0 saturated heterocycles. The summed E-state index contributed by atoms with van der Waals surface area (Å²) >= 11 is 0. The number of benzene rings is 3. The Balaban J connectivity index is 1.28. The third-order valence-corrected chi connectivity index (χ3v) is 5.72. The van der Waals surface area contributed by atoms with E-state index in [0.29, 0.717) is 24.1 Å². The van der Waals surface area contributed by atoms with Crippen molar-refractivity contribution in [2.24, 2.45) is 0 Å². The molecule has 0 aromatic heterocycles. The lowest BCUT2D eigenvalue weighted by Gasteiger charge is -2.17. The summed E-state index contributed by atoms with van der Waals surface area (Å²) in [6, 6.07) is 27.0. The second-order valence-corrected chi connectivity index (χ2v) is 8.14. The van der Waals surface area contributed by atoms with Crippen molar-refractivity contribution in [2.75, 3.05) is 19.0 Å². The maximum absolute atomic E-state index is 12.4. The number of carbonyl (C=O) groups excluding carboxylic acids is 1. The summed E-state index contributed by atoms with van der Waals surface area (Å²) < 4.78 is 0. The molecule has 30 heavy (non-hydrogen) atoms. The highest BCUT2D eigenvalue weighted by Gasteiger charge is 2.37. The predicted molar refractivity (Wildman–Crippen MR) is 123 cm³/mol. The normalized spacial score (nSPS) is 17.4. The van der Waals surface area contributed by atoms with Gasteiger partial charge in [0.15, 0.2) is 0 Å². The van der Waals surface area contributed by atoms with Gasteiger partial charge in [-0.3, -0.25) is 4.79 Å². The standard InChI is InChI=1S/C26H29N3O/c1-29(2)25-11-7-6-10-22(25)18-27-24-16-23(24)20-12-14-21(15-13-20)26(30)28-17-19-8-4-3-5-9-19/h3-15,23-24,27H,16-18H2,1-2H3,(H,28,30)/t23-,24?/m0/s1. The summed E-state index contributed by atoms with van der Waals surface area (Å²) in [6.07, 6.45) is 1.14. The molecule has 154 valence electrons. The van der Waals surface area contributed by atoms with Gasteiger partial charge in [0, 0.05) is 50.4 Å². The molecular formula is C26H29N3O. The van der Waals surface area contributed by atoms with Crippen molar-refractivity contribution in [2.45, 2.75) is 31.5 Å². The van der Waals surface area contributed by atoms with Crippen LogP contribution in [0.1, 0.15) is 39.4 Å². The Hall–Kier alpha value is -3.11. The first-order valence-electron chi connectivity index (χ1n) is 10.5. The van der Waals surface area contributed by atoms with E-state index < -0.39 is 0 Å². The Morgan fingerprint density at radius 2 is 1.60 bits per heavy atom. The number of hydrogen-bond donors (Lipinski definition) is 2. The lowest BCUT2D eigenvalue weighted by Crippen LogP contribution is -2.22. The van der Waals surface area contributed by atoms with Crippen LogP contribution >= 0.6 is 0 Å². The molecule has 4 nitrogen and oxygen atoms in total. The lowest BCUT2D eigenvalue weighted by molar-refractivity contribution is 0.0951. The molecule has 1 aliphatic carbocycles. The third-order valence-electron chi connectivity index (χ3n) is 5.72. The predicted octanol–water partition coefficient (Wildman–Crippen LogP) is 4.33. The van der Waals surface area contributed by atoms with Crippen molar-refractivity contribution in [3.8, 4) is 0 Å². The first-order valence-corrected chi connectivity index (χ1v) is 10.5. The van der Waals surface area contributed by atoms with Gasteiger partial charge in [-0.2, -0.15) is 0 Å². The molecule has 1 saturated carbocycles. The highest BCUT2D eigenvalue weighted by molar-refractivity contribution is 5.94. The Morgan fingerprint density at radius 3 is 2.33 bits per heavy atom. The van der Waals surface area contributed by atoms with Crippen LogP contribution in [0.2, 0.25) is 0 Å². The maximum Gasteiger partial charge on any atom is 0.251 e. The number of rotatable bonds is 8. The van der Waals surface area contributed by atoms with E-state index in [4.69, 9.17) is 0 Å². The molecule has 0 spiro atoms. The first-order chi connectivity index (χ1) is 14.6. The number of amides is 1. The van der Waals surface area contributed by atoms with Crippen LogP contribution in [0.25, 0.3) is 0 Å². The van der Waals surface area contributed by atoms with E-state index >= 15 is 0 Å². The van der Waals surface area contributed by atoms with Gasteiger partial charge >= 0.3 is 0 Å². The molecule has 3 aromatic rings. The smallest absolute Gasteiger partial charge is 0.251 e. The van der Waals surface area contributed by atoms with E-state index in [-0.39, 0.29) is 5.91 Å². The van der Waals surface area contributed by atoms with E-state index in [2.05, 4.69) is 66.0 Å². The highest BCUT2D eigenvalue weighted by atomic mass is 16.1. The topological polar surface area (TPSA) is 44.4 Å². The van der Waals surface area contributed by atoms with E-state index in [1.165, 1.54) is 16.8 Å². The minimum Gasteiger partial charge on any atom is -0.377 e. The van der Waals surface area contributed by atoms with Crippen molar-refractivity contribution < 1.29 is 4.79 Å². The minimum atomic E-state index is -0.0313. The van der Waals surface area contributed by atoms with Crippen molar-refractivity contribution in [1.82, 2.24) is 10.6 Å². The fourth-order valence-electron chi connectivity index (χ4n) is 3.89. The molecule has 4 heteroatoms. The number of nitrogens with one attached hydrogen (secondary N) is 2. The van der Waals surface area contributed by atoms with Gasteiger partial charge in [-0.15, -0.1) is 0 Å². The van der Waals surface area contributed by atoms with Gasteiger partial charge in [-0.1, -0.05) is 60.7 Å². The van der Waals surface area contributed by atoms with Crippen LogP contribution in [0.3, 0.4) is 0 Å². The molecule has 0 heterocycles. The highest BCUT2D eigenvalue weighted by Crippen LogP contribution is 2.41. The van der Waals surface area contributed by atoms with Crippen LogP contribution < -0.4 is 15.5 Å². The van der Waals surface area contributed by atoms with Crippen molar-refractivity contribution >= 4 is 11.6 Å². The Bertz CT molecular complexity index is 983. The Morgan fingerprint density at radius 1 is 0.900 bits per heavy atom. The summed E-state index contributed by atoms with van der Waals surface area (Å²) in [5.74, 6) is 0.495. The largest absolute Gasteiger partial charge is 0.377 e. The van der Waals surface area contributed by atoms with Crippen molar-refractivity contribution in [3.63, 3.8) is 0 Å². The van der Waals surface area contributed by atoms with Gasteiger partial charge in [0.05, 0.1) is 0 Å². The van der Waals surface area contributed by atoms with Crippen LogP contribution in [-0.4, -0.2) is 26.0 Å². The summed E-state index contributed by atoms with van der Waals surface area (Å²) in [6.45, 7) is 1.42. The number of hydrogen-bond acceptors (Lipinski definition) is 3. The van der Waals surface area contributed by atoms with Gasteiger partial charge in [-0.05, 0) is 41.3 Å². The van der Waals surface area contributed by atoms with Crippen molar-refractivity contribution in [1.29, 1.82) is 0 Å². The third kappa shape index (κ3) is 4.89. The monoisotopic (exact) mass is 399 g/mol. The maximum atomic E-state index is 12.4. The molecule has 2 atom stereocenters. The second-order valence-electron chi connectivity index (χ2n) is 8.14. The van der Waals surface area contributed by atoms with E-state index in [9.17, 15) is 4.79 Å². The molecule has 0 aliphatic heterocycles. The van der Waals surface area contributed by atoms with Crippen LogP contribution in [0.15, 0.2) is 78.9 Å². The molecular weight excluding hydrogens is 370 g/mol. The average Bonchev–Trinajstić information content (AvgIpc) is 3.57. The van der Waals surface area contributed by atoms with Crippen LogP contribution in [0.4, 0.5) is 5.69 Å². The fourth-order valence-corrected chi connectivity index (χ4v) is 3.89. The van der Waals surface area contributed by atoms with E-state index in [1.807, 2.05) is 42.5 Å². The summed E-state index contributed by atoms with van der Waals surface area (Å²) in [4.78, 5) is 14.6. The molecule has 4 rings (SSSR count). The SMILES string of the molecule is CN(C)c1ccccc1CNC1C[C@H]1c1ccc(C(=O)NCc2ccccc2)cc1. The fraction of sp³-hybridized carbons (Fsp3) is 0.269. The van der Waals surface area contributed by atoms with Gasteiger partial charge in [0.2, 0.25) is 0 Å². The number of nitrogens with zero attached hydrogens (tertiary/aromatic N) is 1. The second kappa shape index (κ2) is 9.14. The molecule has 1 fully saturated rings. The van der Waals surface area contributed by atoms with Gasteiger partial charge in [0.1, 0.15) is 0 Å². The molecule has 2 N–H and O–H groups in total. The van der Waals surface area contributed by atoms with Crippen LogP contribution in [0.5, 0.6) is 0 Å². The molecule has 3 aromatic carbocycles. The number of anilines is 1. The molecule has 1 aliphatic rings. The van der Waals surface area contributed by atoms with E-state index in [1.54, 1.807) is 0 Å².